The van der Waals surface area contributed by atoms with E-state index >= 15 is 0 Å². The molecule has 0 aliphatic carbocycles. The Morgan fingerprint density at radius 2 is 1.68 bits per heavy atom. The Kier molecular flexibility index (Phi) is 4.81. The van der Waals surface area contributed by atoms with Gasteiger partial charge >= 0.3 is 0 Å². The van der Waals surface area contributed by atoms with Crippen LogP contribution in [0.3, 0.4) is 0 Å². The van der Waals surface area contributed by atoms with Crippen molar-refractivity contribution in [1.29, 1.82) is 0 Å². The Morgan fingerprint density at radius 3 is 2.32 bits per heavy atom. The second-order valence-corrected chi connectivity index (χ2v) is 8.30. The maximum absolute atomic E-state index is 12.9. The number of benzene rings is 2. The largest absolute Gasteiger partial charge is 0.339 e. The van der Waals surface area contributed by atoms with Crippen LogP contribution in [0.25, 0.3) is 0 Å². The van der Waals surface area contributed by atoms with Gasteiger partial charge in [-0.25, -0.2) is 8.42 Å². The number of sulfonamides is 1. The van der Waals surface area contributed by atoms with Gasteiger partial charge in [-0.05, 0) is 50.1 Å². The lowest BCUT2D eigenvalue weighted by molar-refractivity contribution is 0.0792. The zero-order valence-corrected chi connectivity index (χ0v) is 15.3. The fraction of sp³-hybridized carbons (Fsp3) is 0.316. The summed E-state index contributed by atoms with van der Waals surface area (Å²) in [6.07, 6.45) is 2.00. The number of hydrogen-bond donors (Lipinski definition) is 0. The summed E-state index contributed by atoms with van der Waals surface area (Å²) in [6, 6.07) is 13.6. The highest BCUT2D eigenvalue weighted by Crippen LogP contribution is 2.23. The van der Waals surface area contributed by atoms with E-state index in [4.69, 9.17) is 0 Å². The lowest BCUT2D eigenvalue weighted by Crippen LogP contribution is -2.29. The van der Waals surface area contributed by atoms with E-state index in [2.05, 4.69) is 0 Å². The average molecular weight is 358 g/mol. The van der Waals surface area contributed by atoms with E-state index in [0.29, 0.717) is 11.3 Å². The maximum atomic E-state index is 12.9. The summed E-state index contributed by atoms with van der Waals surface area (Å²) in [6.45, 7) is 3.42. The van der Waals surface area contributed by atoms with E-state index in [9.17, 15) is 13.2 Å². The summed E-state index contributed by atoms with van der Waals surface area (Å²) in [4.78, 5) is 14.4. The molecular weight excluding hydrogens is 336 g/mol. The van der Waals surface area contributed by atoms with Gasteiger partial charge in [-0.1, -0.05) is 23.8 Å². The van der Waals surface area contributed by atoms with Crippen LogP contribution in [0, 0.1) is 6.92 Å². The molecule has 1 heterocycles. The van der Waals surface area contributed by atoms with Crippen LogP contribution in [0.2, 0.25) is 0 Å². The zero-order chi connectivity index (χ0) is 18.0. The molecule has 0 aromatic heterocycles. The Labute approximate surface area is 148 Å². The minimum absolute atomic E-state index is 0.104. The van der Waals surface area contributed by atoms with Gasteiger partial charge < -0.3 is 4.90 Å². The molecular formula is C19H22N2O3S. The fourth-order valence-electron chi connectivity index (χ4n) is 2.94. The molecule has 132 valence electrons. The number of carbonyl (C=O) groups is 1. The molecule has 1 fully saturated rings. The third-order valence-electron chi connectivity index (χ3n) is 4.53. The summed E-state index contributed by atoms with van der Waals surface area (Å²) in [5, 5.41) is 0. The van der Waals surface area contributed by atoms with E-state index in [1.165, 1.54) is 23.5 Å². The van der Waals surface area contributed by atoms with Crippen molar-refractivity contribution in [2.45, 2.75) is 24.7 Å². The number of nitrogens with zero attached hydrogens (tertiary/aromatic N) is 2. The number of amides is 1. The van der Waals surface area contributed by atoms with Crippen LogP contribution >= 0.6 is 0 Å². The van der Waals surface area contributed by atoms with Crippen LogP contribution in [0.1, 0.15) is 28.8 Å². The topological polar surface area (TPSA) is 57.7 Å². The van der Waals surface area contributed by atoms with Crippen LogP contribution in [0.15, 0.2) is 53.4 Å². The second-order valence-electron chi connectivity index (χ2n) is 6.34. The first-order valence-electron chi connectivity index (χ1n) is 8.34. The van der Waals surface area contributed by atoms with E-state index in [-0.39, 0.29) is 10.8 Å². The molecule has 2 aromatic rings. The van der Waals surface area contributed by atoms with Crippen molar-refractivity contribution < 1.29 is 13.2 Å². The molecule has 0 bridgehead atoms. The molecule has 0 N–H and O–H groups in total. The molecule has 0 radical (unpaired) electrons. The Balaban J connectivity index is 1.90. The molecule has 6 heteroatoms. The highest BCUT2D eigenvalue weighted by atomic mass is 32.2. The molecule has 0 saturated carbocycles. The molecule has 1 amide bonds. The van der Waals surface area contributed by atoms with E-state index in [1.807, 2.05) is 19.1 Å². The summed E-state index contributed by atoms with van der Waals surface area (Å²) in [7, 11) is -2.20. The van der Waals surface area contributed by atoms with Crippen molar-refractivity contribution in [3.05, 3.63) is 59.7 Å². The molecule has 3 rings (SSSR count). The molecule has 0 atom stereocenters. The number of aryl methyl sites for hydroxylation is 1. The summed E-state index contributed by atoms with van der Waals surface area (Å²) >= 11 is 0. The first-order valence-corrected chi connectivity index (χ1v) is 9.78. The van der Waals surface area contributed by atoms with Gasteiger partial charge in [0.25, 0.3) is 15.9 Å². The predicted molar refractivity (Wildman–Crippen MR) is 98.3 cm³/mol. The monoisotopic (exact) mass is 358 g/mol. The Morgan fingerprint density at radius 1 is 1.04 bits per heavy atom. The van der Waals surface area contributed by atoms with Crippen molar-refractivity contribution in [2.24, 2.45) is 0 Å². The van der Waals surface area contributed by atoms with Gasteiger partial charge in [0.15, 0.2) is 0 Å². The molecule has 1 aliphatic heterocycles. The molecule has 1 saturated heterocycles. The summed E-state index contributed by atoms with van der Waals surface area (Å²) in [5.74, 6) is -0.104. The lowest BCUT2D eigenvalue weighted by atomic mass is 10.2. The minimum atomic E-state index is -3.72. The first kappa shape index (κ1) is 17.5. The fourth-order valence-corrected chi connectivity index (χ4v) is 4.19. The van der Waals surface area contributed by atoms with Crippen LogP contribution in [-0.4, -0.2) is 39.4 Å². The van der Waals surface area contributed by atoms with Gasteiger partial charge in [0.2, 0.25) is 0 Å². The van der Waals surface area contributed by atoms with Crippen molar-refractivity contribution in [3.63, 3.8) is 0 Å². The lowest BCUT2D eigenvalue weighted by Gasteiger charge is -2.20. The van der Waals surface area contributed by atoms with Crippen molar-refractivity contribution in [2.75, 3.05) is 24.4 Å². The van der Waals surface area contributed by atoms with Gasteiger partial charge in [0.1, 0.15) is 0 Å². The standard InChI is InChI=1S/C19H22N2O3S/c1-15-8-10-17(11-9-15)20(2)25(23,24)18-7-5-6-16(14-18)19(22)21-12-3-4-13-21/h5-11,14H,3-4,12-13H2,1-2H3. The van der Waals surface area contributed by atoms with Gasteiger partial charge in [0.05, 0.1) is 10.6 Å². The van der Waals surface area contributed by atoms with E-state index in [0.717, 1.165) is 31.5 Å². The van der Waals surface area contributed by atoms with E-state index < -0.39 is 10.0 Å². The number of hydrogen-bond acceptors (Lipinski definition) is 3. The summed E-state index contributed by atoms with van der Waals surface area (Å²) in [5.41, 5.74) is 2.06. The Hall–Kier alpha value is -2.34. The molecule has 5 nitrogen and oxygen atoms in total. The van der Waals surface area contributed by atoms with Crippen LogP contribution in [0.5, 0.6) is 0 Å². The van der Waals surface area contributed by atoms with Crippen molar-refractivity contribution in [1.82, 2.24) is 4.90 Å². The van der Waals surface area contributed by atoms with E-state index in [1.54, 1.807) is 29.2 Å². The zero-order valence-electron chi connectivity index (χ0n) is 14.5. The highest BCUT2D eigenvalue weighted by molar-refractivity contribution is 7.92. The molecule has 2 aromatic carbocycles. The number of anilines is 1. The van der Waals surface area contributed by atoms with Gasteiger partial charge in [-0.3, -0.25) is 9.10 Å². The smallest absolute Gasteiger partial charge is 0.264 e. The van der Waals surface area contributed by atoms with Gasteiger partial charge in [-0.15, -0.1) is 0 Å². The van der Waals surface area contributed by atoms with Crippen LogP contribution in [-0.2, 0) is 10.0 Å². The summed E-state index contributed by atoms with van der Waals surface area (Å²) < 4.78 is 27.1. The van der Waals surface area contributed by atoms with Crippen LogP contribution in [0.4, 0.5) is 5.69 Å². The van der Waals surface area contributed by atoms with Crippen LogP contribution < -0.4 is 4.31 Å². The first-order chi connectivity index (χ1) is 11.9. The van der Waals surface area contributed by atoms with Crippen molar-refractivity contribution in [3.8, 4) is 0 Å². The van der Waals surface area contributed by atoms with Gasteiger partial charge in [0, 0.05) is 25.7 Å². The number of rotatable bonds is 4. The van der Waals surface area contributed by atoms with Gasteiger partial charge in [-0.2, -0.15) is 0 Å². The minimum Gasteiger partial charge on any atom is -0.339 e. The number of carbonyl (C=O) groups excluding carboxylic acids is 1. The quantitative estimate of drug-likeness (QED) is 0.844. The molecule has 1 aliphatic rings. The van der Waals surface area contributed by atoms with Crippen molar-refractivity contribution >= 4 is 21.6 Å². The average Bonchev–Trinajstić information content (AvgIpc) is 3.16. The highest BCUT2D eigenvalue weighted by Gasteiger charge is 2.24. The maximum Gasteiger partial charge on any atom is 0.264 e. The Bertz CT molecular complexity index is 870. The third-order valence-corrected chi connectivity index (χ3v) is 6.31. The number of likely N-dealkylation sites (tertiary alicyclic amines) is 1. The molecule has 0 unspecified atom stereocenters. The third kappa shape index (κ3) is 3.54. The SMILES string of the molecule is Cc1ccc(N(C)S(=O)(=O)c2cccc(C(=O)N3CCCC3)c2)cc1. The predicted octanol–water partition coefficient (Wildman–Crippen LogP) is 3.06. The second kappa shape index (κ2) is 6.88. The molecule has 0 spiro atoms. The normalized spacial score (nSPS) is 14.6. The molecule has 25 heavy (non-hydrogen) atoms.